The number of carbonyl (C=O) groups excluding carboxylic acids is 1. The second-order valence-electron chi connectivity index (χ2n) is 5.43. The van der Waals surface area contributed by atoms with Gasteiger partial charge in [0.25, 0.3) is 0 Å². The van der Waals surface area contributed by atoms with Crippen LogP contribution < -0.4 is 24.7 Å². The molecule has 0 radical (unpaired) electrons. The Kier molecular flexibility index (Phi) is 6.77. The molecule has 0 heterocycles. The van der Waals surface area contributed by atoms with E-state index in [1.54, 1.807) is 50.4 Å². The van der Waals surface area contributed by atoms with Gasteiger partial charge in [0.1, 0.15) is 0 Å². The molecular formula is C18H17F2N3O4. The van der Waals surface area contributed by atoms with Crippen molar-refractivity contribution in [3.8, 4) is 23.4 Å². The molecule has 0 aliphatic heterocycles. The SMILES string of the molecule is CC(C)Oc1ccc(ONC(=O)N(C#N)c2ccccc2)cc1OC(F)F. The molecule has 2 rings (SSSR count). The molecule has 27 heavy (non-hydrogen) atoms. The molecule has 0 atom stereocenters. The largest absolute Gasteiger partial charge is 0.487 e. The fraction of sp³-hybridized carbons (Fsp3) is 0.222. The summed E-state index contributed by atoms with van der Waals surface area (Å²) in [6, 6.07) is 11.2. The first kappa shape index (κ1) is 19.8. The molecule has 0 saturated carbocycles. The van der Waals surface area contributed by atoms with E-state index in [0.29, 0.717) is 5.69 Å². The number of anilines is 1. The Bertz CT molecular complexity index is 810. The maximum atomic E-state index is 12.6. The summed E-state index contributed by atoms with van der Waals surface area (Å²) in [6.07, 6.45) is 1.46. The van der Waals surface area contributed by atoms with Gasteiger partial charge < -0.3 is 14.3 Å². The van der Waals surface area contributed by atoms with Crippen molar-refractivity contribution < 1.29 is 27.9 Å². The van der Waals surface area contributed by atoms with E-state index in [1.165, 1.54) is 12.1 Å². The molecule has 0 bridgehead atoms. The van der Waals surface area contributed by atoms with Gasteiger partial charge in [0.2, 0.25) is 0 Å². The number of hydrogen-bond acceptors (Lipinski definition) is 5. The molecule has 1 N–H and O–H groups in total. The average Bonchev–Trinajstić information content (AvgIpc) is 2.62. The van der Waals surface area contributed by atoms with Gasteiger partial charge >= 0.3 is 12.6 Å². The highest BCUT2D eigenvalue weighted by atomic mass is 19.3. The van der Waals surface area contributed by atoms with Crippen molar-refractivity contribution >= 4 is 11.7 Å². The highest BCUT2D eigenvalue weighted by Gasteiger charge is 2.17. The summed E-state index contributed by atoms with van der Waals surface area (Å²) in [5, 5.41) is 9.15. The summed E-state index contributed by atoms with van der Waals surface area (Å²) in [4.78, 5) is 18.0. The lowest BCUT2D eigenvalue weighted by Gasteiger charge is -2.17. The average molecular weight is 377 g/mol. The summed E-state index contributed by atoms with van der Waals surface area (Å²) >= 11 is 0. The number of nitrogens with one attached hydrogen (secondary N) is 1. The minimum absolute atomic E-state index is 0.0149. The third-order valence-electron chi connectivity index (χ3n) is 3.07. The van der Waals surface area contributed by atoms with E-state index in [-0.39, 0.29) is 23.4 Å². The summed E-state index contributed by atoms with van der Waals surface area (Å²) in [7, 11) is 0. The van der Waals surface area contributed by atoms with E-state index in [9.17, 15) is 13.6 Å². The van der Waals surface area contributed by atoms with Gasteiger partial charge in [-0.1, -0.05) is 18.2 Å². The highest BCUT2D eigenvalue weighted by Crippen LogP contribution is 2.33. The minimum atomic E-state index is -3.06. The van der Waals surface area contributed by atoms with Gasteiger partial charge in [0.15, 0.2) is 23.4 Å². The number of halogens is 2. The standard InChI is InChI=1S/C18H17F2N3O4/c1-12(2)25-15-9-8-14(10-16(15)26-17(19)20)27-22-18(24)23(11-21)13-6-4-3-5-7-13/h3-10,12,17H,1-2H3,(H,22,24). The van der Waals surface area contributed by atoms with E-state index in [2.05, 4.69) is 10.2 Å². The number of hydrogen-bond donors (Lipinski definition) is 1. The number of para-hydroxylation sites is 1. The molecule has 2 amide bonds. The van der Waals surface area contributed by atoms with Gasteiger partial charge in [0, 0.05) is 6.07 Å². The normalized spacial score (nSPS) is 10.3. The lowest BCUT2D eigenvalue weighted by atomic mass is 10.3. The third kappa shape index (κ3) is 5.74. The van der Waals surface area contributed by atoms with Crippen molar-refractivity contribution in [1.82, 2.24) is 5.48 Å². The Morgan fingerprint density at radius 1 is 1.11 bits per heavy atom. The molecule has 7 nitrogen and oxygen atoms in total. The molecule has 142 valence electrons. The van der Waals surface area contributed by atoms with Crippen molar-refractivity contribution in [2.24, 2.45) is 0 Å². The van der Waals surface area contributed by atoms with Crippen molar-refractivity contribution in [2.75, 3.05) is 4.90 Å². The first-order chi connectivity index (χ1) is 12.9. The quantitative estimate of drug-likeness (QED) is 0.447. The number of nitriles is 1. The highest BCUT2D eigenvalue weighted by molar-refractivity contribution is 5.94. The van der Waals surface area contributed by atoms with Gasteiger partial charge in [-0.3, -0.25) is 0 Å². The Morgan fingerprint density at radius 2 is 1.81 bits per heavy atom. The molecule has 0 aliphatic carbocycles. The molecule has 0 spiro atoms. The second kappa shape index (κ2) is 9.24. The number of carbonyl (C=O) groups is 1. The lowest BCUT2D eigenvalue weighted by molar-refractivity contribution is -0.0520. The smallest absolute Gasteiger partial charge is 0.387 e. The number of nitrogens with zero attached hydrogens (tertiary/aromatic N) is 2. The Morgan fingerprint density at radius 3 is 2.41 bits per heavy atom. The molecule has 0 aliphatic rings. The predicted octanol–water partition coefficient (Wildman–Crippen LogP) is 4.07. The molecule has 0 unspecified atom stereocenters. The van der Waals surface area contributed by atoms with Gasteiger partial charge in [0.05, 0.1) is 11.8 Å². The Hall–Kier alpha value is -3.54. The summed E-state index contributed by atoms with van der Waals surface area (Å²) in [6.45, 7) is 0.407. The zero-order valence-corrected chi connectivity index (χ0v) is 14.6. The van der Waals surface area contributed by atoms with E-state index >= 15 is 0 Å². The first-order valence-electron chi connectivity index (χ1n) is 7.88. The van der Waals surface area contributed by atoms with Gasteiger partial charge in [-0.05, 0) is 38.1 Å². The van der Waals surface area contributed by atoms with Crippen LogP contribution in [-0.2, 0) is 0 Å². The third-order valence-corrected chi connectivity index (χ3v) is 3.07. The first-order valence-corrected chi connectivity index (χ1v) is 7.88. The molecule has 9 heteroatoms. The van der Waals surface area contributed by atoms with Crippen LogP contribution in [-0.4, -0.2) is 18.7 Å². The minimum Gasteiger partial charge on any atom is -0.487 e. The summed E-state index contributed by atoms with van der Waals surface area (Å²) in [5.41, 5.74) is 2.41. The van der Waals surface area contributed by atoms with Crippen LogP contribution in [0.15, 0.2) is 48.5 Å². The fourth-order valence-electron chi connectivity index (χ4n) is 2.04. The molecule has 0 fully saturated rings. The van der Waals surface area contributed by atoms with Gasteiger partial charge in [-0.2, -0.15) is 24.4 Å². The topological polar surface area (TPSA) is 83.8 Å². The van der Waals surface area contributed by atoms with E-state index in [1.807, 2.05) is 0 Å². The van der Waals surface area contributed by atoms with Crippen LogP contribution in [0.25, 0.3) is 0 Å². The summed E-state index contributed by atoms with van der Waals surface area (Å²) < 4.78 is 35.0. The van der Waals surface area contributed by atoms with Crippen molar-refractivity contribution in [2.45, 2.75) is 26.6 Å². The monoisotopic (exact) mass is 377 g/mol. The molecule has 2 aromatic rings. The number of benzene rings is 2. The van der Waals surface area contributed by atoms with Gasteiger partial charge in [-0.25, -0.2) is 4.79 Å². The number of urea groups is 1. The van der Waals surface area contributed by atoms with Crippen LogP contribution in [0.5, 0.6) is 17.2 Å². The molecule has 2 aromatic carbocycles. The van der Waals surface area contributed by atoms with Crippen LogP contribution in [0.2, 0.25) is 0 Å². The zero-order valence-electron chi connectivity index (χ0n) is 14.6. The van der Waals surface area contributed by atoms with Crippen LogP contribution in [0, 0.1) is 11.5 Å². The van der Waals surface area contributed by atoms with Crippen LogP contribution >= 0.6 is 0 Å². The molecular weight excluding hydrogens is 360 g/mol. The van der Waals surface area contributed by atoms with E-state index < -0.39 is 12.6 Å². The number of alkyl halides is 2. The predicted molar refractivity (Wildman–Crippen MR) is 92.5 cm³/mol. The number of hydroxylamine groups is 1. The van der Waals surface area contributed by atoms with Crippen molar-refractivity contribution in [3.05, 3.63) is 48.5 Å². The van der Waals surface area contributed by atoms with Crippen molar-refractivity contribution in [3.63, 3.8) is 0 Å². The summed E-state index contributed by atoms with van der Waals surface area (Å²) in [5.74, 6) is -0.126. The number of ether oxygens (including phenoxy) is 2. The fourth-order valence-corrected chi connectivity index (χ4v) is 2.04. The Labute approximate surface area is 154 Å². The molecule has 0 saturated heterocycles. The van der Waals surface area contributed by atoms with Crippen molar-refractivity contribution in [1.29, 1.82) is 5.26 Å². The van der Waals surface area contributed by atoms with Gasteiger partial charge in [-0.15, -0.1) is 0 Å². The maximum absolute atomic E-state index is 12.6. The molecule has 0 aromatic heterocycles. The Balaban J connectivity index is 2.10. The lowest BCUT2D eigenvalue weighted by Crippen LogP contribution is -2.38. The second-order valence-corrected chi connectivity index (χ2v) is 5.43. The van der Waals surface area contributed by atoms with Crippen LogP contribution in [0.3, 0.4) is 0 Å². The number of rotatable bonds is 7. The van der Waals surface area contributed by atoms with Crippen LogP contribution in [0.4, 0.5) is 19.3 Å². The van der Waals surface area contributed by atoms with E-state index in [4.69, 9.17) is 14.8 Å². The number of amides is 2. The van der Waals surface area contributed by atoms with Crippen LogP contribution in [0.1, 0.15) is 13.8 Å². The maximum Gasteiger partial charge on any atom is 0.387 e. The zero-order chi connectivity index (χ0) is 19.8. The van der Waals surface area contributed by atoms with E-state index in [0.717, 1.165) is 11.0 Å².